The summed E-state index contributed by atoms with van der Waals surface area (Å²) >= 11 is 20.7. The topological polar surface area (TPSA) is 49.4 Å². The van der Waals surface area contributed by atoms with E-state index in [2.05, 4.69) is 5.32 Å². The van der Waals surface area contributed by atoms with Crippen molar-refractivity contribution >= 4 is 58.4 Å². The van der Waals surface area contributed by atoms with Crippen LogP contribution in [-0.2, 0) is 28.3 Å². The molecular weight excluding hydrogens is 547 g/mol. The zero-order chi connectivity index (χ0) is 26.8. The standard InChI is InChI=1S/C29H31Cl3N2O2S/c1-3-20(2)33-29(36)27(16-21-10-5-4-6-11-21)34(17-23-25(31)14-9-15-26(23)32)28(35)19-37-18-22-12-7-8-13-24(22)30/h4-15,20,27H,3,16-19H2,1-2H3,(H,33,36). The van der Waals surface area contributed by atoms with Crippen LogP contribution in [0.4, 0.5) is 0 Å². The molecule has 196 valence electrons. The van der Waals surface area contributed by atoms with Crippen LogP contribution in [0, 0.1) is 0 Å². The van der Waals surface area contributed by atoms with Crippen molar-refractivity contribution in [2.24, 2.45) is 0 Å². The van der Waals surface area contributed by atoms with E-state index in [1.165, 1.54) is 11.8 Å². The smallest absolute Gasteiger partial charge is 0.243 e. The molecule has 0 bridgehead atoms. The highest BCUT2D eigenvalue weighted by atomic mass is 35.5. The average molecular weight is 578 g/mol. The largest absolute Gasteiger partial charge is 0.352 e. The first-order valence-corrected chi connectivity index (χ1v) is 14.5. The van der Waals surface area contributed by atoms with Gasteiger partial charge in [0.25, 0.3) is 0 Å². The summed E-state index contributed by atoms with van der Waals surface area (Å²) in [7, 11) is 0. The summed E-state index contributed by atoms with van der Waals surface area (Å²) in [6.45, 7) is 4.08. The number of amides is 2. The van der Waals surface area contributed by atoms with Crippen LogP contribution < -0.4 is 5.32 Å². The molecular formula is C29H31Cl3N2O2S. The summed E-state index contributed by atoms with van der Waals surface area (Å²) in [5.74, 6) is 0.378. The van der Waals surface area contributed by atoms with E-state index < -0.39 is 6.04 Å². The molecule has 0 aliphatic heterocycles. The van der Waals surface area contributed by atoms with Crippen LogP contribution in [-0.4, -0.2) is 34.6 Å². The second-order valence-electron chi connectivity index (χ2n) is 8.83. The molecule has 2 amide bonds. The zero-order valence-corrected chi connectivity index (χ0v) is 24.0. The molecule has 3 aromatic rings. The van der Waals surface area contributed by atoms with Gasteiger partial charge in [0.2, 0.25) is 11.8 Å². The molecule has 0 radical (unpaired) electrons. The SMILES string of the molecule is CCC(C)NC(=O)C(Cc1ccccc1)N(Cc1c(Cl)cccc1Cl)C(=O)CSCc1ccccc1Cl. The highest BCUT2D eigenvalue weighted by Crippen LogP contribution is 2.28. The molecule has 0 aliphatic carbocycles. The molecule has 0 saturated heterocycles. The third kappa shape index (κ3) is 8.68. The first-order valence-electron chi connectivity index (χ1n) is 12.2. The molecule has 2 unspecified atom stereocenters. The van der Waals surface area contributed by atoms with E-state index in [-0.39, 0.29) is 30.2 Å². The van der Waals surface area contributed by atoms with Gasteiger partial charge >= 0.3 is 0 Å². The number of nitrogens with zero attached hydrogens (tertiary/aromatic N) is 1. The van der Waals surface area contributed by atoms with Crippen LogP contribution in [0.15, 0.2) is 72.8 Å². The number of hydrogen-bond acceptors (Lipinski definition) is 3. The third-order valence-electron chi connectivity index (χ3n) is 6.10. The quantitative estimate of drug-likeness (QED) is 0.243. The maximum absolute atomic E-state index is 13.7. The summed E-state index contributed by atoms with van der Waals surface area (Å²) in [4.78, 5) is 28.9. The molecule has 0 fully saturated rings. The van der Waals surface area contributed by atoms with Crippen molar-refractivity contribution in [3.63, 3.8) is 0 Å². The number of benzene rings is 3. The maximum atomic E-state index is 13.7. The number of hydrogen-bond donors (Lipinski definition) is 1. The Morgan fingerprint density at radius 1 is 0.892 bits per heavy atom. The minimum atomic E-state index is -0.739. The number of halogens is 3. The van der Waals surface area contributed by atoms with Gasteiger partial charge in [-0.15, -0.1) is 11.8 Å². The Kier molecular flexibility index (Phi) is 11.7. The van der Waals surface area contributed by atoms with Gasteiger partial charge in [-0.25, -0.2) is 0 Å². The molecule has 4 nitrogen and oxygen atoms in total. The van der Waals surface area contributed by atoms with Crippen LogP contribution in [0.1, 0.15) is 37.0 Å². The van der Waals surface area contributed by atoms with Gasteiger partial charge in [0.15, 0.2) is 0 Å². The van der Waals surface area contributed by atoms with Crippen molar-refractivity contribution in [1.82, 2.24) is 10.2 Å². The molecule has 0 heterocycles. The van der Waals surface area contributed by atoms with Crippen LogP contribution in [0.5, 0.6) is 0 Å². The second kappa shape index (κ2) is 14.7. The van der Waals surface area contributed by atoms with Crippen LogP contribution in [0.2, 0.25) is 15.1 Å². The van der Waals surface area contributed by atoms with E-state index in [0.717, 1.165) is 17.5 Å². The molecule has 0 aliphatic rings. The van der Waals surface area contributed by atoms with Gasteiger partial charge in [-0.1, -0.05) is 96.3 Å². The Bertz CT molecular complexity index is 1170. The fraction of sp³-hybridized carbons (Fsp3) is 0.310. The molecule has 2 atom stereocenters. The first kappa shape index (κ1) is 29.4. The van der Waals surface area contributed by atoms with Gasteiger partial charge in [0.1, 0.15) is 6.04 Å². The third-order valence-corrected chi connectivity index (χ3v) is 8.15. The monoisotopic (exact) mass is 576 g/mol. The van der Waals surface area contributed by atoms with Crippen molar-refractivity contribution in [2.75, 3.05) is 5.75 Å². The van der Waals surface area contributed by atoms with E-state index >= 15 is 0 Å². The first-order chi connectivity index (χ1) is 17.8. The van der Waals surface area contributed by atoms with E-state index in [4.69, 9.17) is 34.8 Å². The zero-order valence-electron chi connectivity index (χ0n) is 20.9. The number of thioether (sulfide) groups is 1. The number of rotatable bonds is 12. The predicted octanol–water partition coefficient (Wildman–Crippen LogP) is 7.43. The maximum Gasteiger partial charge on any atom is 0.243 e. The highest BCUT2D eigenvalue weighted by molar-refractivity contribution is 7.99. The Balaban J connectivity index is 1.91. The number of carbonyl (C=O) groups is 2. The van der Waals surface area contributed by atoms with Crippen LogP contribution >= 0.6 is 46.6 Å². The lowest BCUT2D eigenvalue weighted by Crippen LogP contribution is -2.52. The normalized spacial score (nSPS) is 12.6. The minimum Gasteiger partial charge on any atom is -0.352 e. The molecule has 0 saturated carbocycles. The minimum absolute atomic E-state index is 0.0266. The summed E-state index contributed by atoms with van der Waals surface area (Å²) in [6.07, 6.45) is 1.15. The van der Waals surface area contributed by atoms with E-state index in [0.29, 0.717) is 32.8 Å². The average Bonchev–Trinajstić information content (AvgIpc) is 2.89. The van der Waals surface area contributed by atoms with E-state index in [9.17, 15) is 9.59 Å². The Morgan fingerprint density at radius 2 is 1.51 bits per heavy atom. The summed E-state index contributed by atoms with van der Waals surface area (Å²) in [6, 6.07) is 21.7. The molecule has 0 spiro atoms. The number of carbonyl (C=O) groups excluding carboxylic acids is 2. The fourth-order valence-corrected chi connectivity index (χ4v) is 5.51. The Hall–Kier alpha value is -2.18. The van der Waals surface area contributed by atoms with Crippen molar-refractivity contribution in [1.29, 1.82) is 0 Å². The molecule has 8 heteroatoms. The second-order valence-corrected chi connectivity index (χ2v) is 11.0. The predicted molar refractivity (Wildman–Crippen MR) is 156 cm³/mol. The molecule has 0 aromatic heterocycles. The molecule has 1 N–H and O–H groups in total. The van der Waals surface area contributed by atoms with E-state index in [1.807, 2.05) is 68.4 Å². The fourth-order valence-electron chi connectivity index (χ4n) is 3.80. The van der Waals surface area contributed by atoms with Crippen molar-refractivity contribution in [2.45, 2.75) is 51.1 Å². The van der Waals surface area contributed by atoms with Crippen molar-refractivity contribution < 1.29 is 9.59 Å². The summed E-state index contributed by atoms with van der Waals surface area (Å²) in [5.41, 5.74) is 2.53. The van der Waals surface area contributed by atoms with Crippen LogP contribution in [0.3, 0.4) is 0 Å². The van der Waals surface area contributed by atoms with Crippen molar-refractivity contribution in [3.05, 3.63) is 105 Å². The van der Waals surface area contributed by atoms with Gasteiger partial charge in [0.05, 0.1) is 5.75 Å². The summed E-state index contributed by atoms with van der Waals surface area (Å²) < 4.78 is 0. The van der Waals surface area contributed by atoms with Gasteiger partial charge in [0, 0.05) is 45.4 Å². The Labute approximate surface area is 238 Å². The van der Waals surface area contributed by atoms with Gasteiger partial charge < -0.3 is 10.2 Å². The molecule has 3 rings (SSSR count). The van der Waals surface area contributed by atoms with Crippen molar-refractivity contribution in [3.8, 4) is 0 Å². The number of nitrogens with one attached hydrogen (secondary N) is 1. The highest BCUT2D eigenvalue weighted by Gasteiger charge is 2.31. The van der Waals surface area contributed by atoms with Gasteiger partial charge in [-0.2, -0.15) is 0 Å². The van der Waals surface area contributed by atoms with Gasteiger partial charge in [-0.3, -0.25) is 9.59 Å². The lowest BCUT2D eigenvalue weighted by atomic mass is 10.0. The van der Waals surface area contributed by atoms with Crippen LogP contribution in [0.25, 0.3) is 0 Å². The lowest BCUT2D eigenvalue weighted by molar-refractivity contribution is -0.139. The molecule has 37 heavy (non-hydrogen) atoms. The van der Waals surface area contributed by atoms with E-state index in [1.54, 1.807) is 23.1 Å². The Morgan fingerprint density at radius 3 is 2.16 bits per heavy atom. The summed E-state index contributed by atoms with van der Waals surface area (Å²) in [5, 5.41) is 4.64. The molecule has 3 aromatic carbocycles. The lowest BCUT2D eigenvalue weighted by Gasteiger charge is -2.32. The van der Waals surface area contributed by atoms with Gasteiger partial charge in [-0.05, 0) is 42.7 Å².